The summed E-state index contributed by atoms with van der Waals surface area (Å²) in [6, 6.07) is 4.44. The lowest BCUT2D eigenvalue weighted by molar-refractivity contribution is -0.137. The summed E-state index contributed by atoms with van der Waals surface area (Å²) < 4.78 is 5.24. The van der Waals surface area contributed by atoms with Crippen LogP contribution in [0.2, 0.25) is 0 Å². The summed E-state index contributed by atoms with van der Waals surface area (Å²) in [6.07, 6.45) is 4.02. The van der Waals surface area contributed by atoms with Crippen LogP contribution in [0.1, 0.15) is 44.6 Å². The van der Waals surface area contributed by atoms with Crippen LogP contribution in [0.3, 0.4) is 0 Å². The largest absolute Gasteiger partial charge is 0.508 e. The second kappa shape index (κ2) is 20.1. The highest BCUT2D eigenvalue weighted by atomic mass is 28.1. The molecule has 251 valence electrons. The quantitative estimate of drug-likeness (QED) is 0.0398. The lowest BCUT2D eigenvalue weighted by Crippen LogP contribution is -2.47. The van der Waals surface area contributed by atoms with Gasteiger partial charge in [0, 0.05) is 56.4 Å². The van der Waals surface area contributed by atoms with Crippen molar-refractivity contribution in [1.29, 1.82) is 0 Å². The maximum Gasteiger partial charge on any atom is 0.253 e. The highest BCUT2D eigenvalue weighted by Gasteiger charge is 2.24. The van der Waals surface area contributed by atoms with Gasteiger partial charge in [-0.1, -0.05) is 12.5 Å². The molecule has 0 saturated heterocycles. The summed E-state index contributed by atoms with van der Waals surface area (Å²) in [4.78, 5) is 75.6. The van der Waals surface area contributed by atoms with Crippen LogP contribution in [0.25, 0.3) is 0 Å². The van der Waals surface area contributed by atoms with Gasteiger partial charge in [-0.3, -0.25) is 33.7 Å². The highest BCUT2D eigenvalue weighted by Crippen LogP contribution is 2.25. The molecule has 6 N–H and O–H groups in total. The van der Waals surface area contributed by atoms with Crippen LogP contribution in [0.15, 0.2) is 30.4 Å². The SMILES string of the molecule is Cc1ccc(O)cc1N(CC(=O)NCO[C@H](C)CO)C(=O)CC([Si])NC(=O)CNCCNC(=O)CCCCCN1C(=O)C=CC1=O. The number of imide groups is 1. The number of amides is 6. The molecule has 46 heavy (non-hydrogen) atoms. The molecule has 1 aliphatic heterocycles. The highest BCUT2D eigenvalue weighted by molar-refractivity contribution is 6.15. The molecule has 3 radical (unpaired) electrons. The number of hydrogen-bond donors (Lipinski definition) is 6. The van der Waals surface area contributed by atoms with E-state index in [9.17, 15) is 33.9 Å². The maximum atomic E-state index is 13.3. The second-order valence-corrected chi connectivity index (χ2v) is 11.4. The number of benzene rings is 1. The molecule has 1 aromatic carbocycles. The van der Waals surface area contributed by atoms with Crippen molar-refractivity contribution in [2.24, 2.45) is 0 Å². The molecule has 0 spiro atoms. The minimum Gasteiger partial charge on any atom is -0.508 e. The molecule has 0 fully saturated rings. The van der Waals surface area contributed by atoms with Gasteiger partial charge in [0.25, 0.3) is 11.8 Å². The lowest BCUT2D eigenvalue weighted by Gasteiger charge is -2.26. The van der Waals surface area contributed by atoms with Gasteiger partial charge in [0.15, 0.2) is 0 Å². The smallest absolute Gasteiger partial charge is 0.253 e. The van der Waals surface area contributed by atoms with Gasteiger partial charge >= 0.3 is 0 Å². The fourth-order valence-electron chi connectivity index (χ4n) is 4.26. The normalized spacial score (nSPS) is 13.8. The lowest BCUT2D eigenvalue weighted by atomic mass is 10.1. The molecule has 6 amide bonds. The van der Waals surface area contributed by atoms with Gasteiger partial charge in [-0.25, -0.2) is 0 Å². The summed E-state index contributed by atoms with van der Waals surface area (Å²) in [7, 11) is 3.35. The Morgan fingerprint density at radius 3 is 2.41 bits per heavy atom. The van der Waals surface area contributed by atoms with E-state index in [4.69, 9.17) is 9.84 Å². The van der Waals surface area contributed by atoms with E-state index in [1.54, 1.807) is 19.9 Å². The Kier molecular flexibility index (Phi) is 16.6. The Balaban J connectivity index is 1.69. The second-order valence-electron chi connectivity index (χ2n) is 10.7. The number of carbonyl (C=O) groups is 6. The van der Waals surface area contributed by atoms with Gasteiger partial charge in [0.05, 0.1) is 35.2 Å². The molecule has 0 aromatic heterocycles. The Morgan fingerprint density at radius 1 is 1.00 bits per heavy atom. The minimum atomic E-state index is -0.767. The number of aryl methyl sites for hydroxylation is 1. The predicted octanol–water partition coefficient (Wildman–Crippen LogP) is -1.30. The summed E-state index contributed by atoms with van der Waals surface area (Å²) in [6.45, 7) is 3.48. The number of unbranched alkanes of at least 4 members (excludes halogenated alkanes) is 2. The van der Waals surface area contributed by atoms with Crippen molar-refractivity contribution in [3.63, 3.8) is 0 Å². The van der Waals surface area contributed by atoms with Gasteiger partial charge in [0.1, 0.15) is 19.0 Å². The van der Waals surface area contributed by atoms with Gasteiger partial charge in [0.2, 0.25) is 23.6 Å². The third kappa shape index (κ3) is 13.9. The molecule has 0 aliphatic carbocycles. The molecule has 16 heteroatoms. The van der Waals surface area contributed by atoms with Crippen LogP contribution >= 0.6 is 0 Å². The van der Waals surface area contributed by atoms with E-state index >= 15 is 0 Å². The van der Waals surface area contributed by atoms with E-state index in [1.165, 1.54) is 34.1 Å². The first kappa shape index (κ1) is 38.1. The zero-order valence-corrected chi connectivity index (χ0v) is 27.2. The Bertz CT molecular complexity index is 1240. The first-order chi connectivity index (χ1) is 21.9. The molecule has 1 aromatic rings. The average Bonchev–Trinajstić information content (AvgIpc) is 3.32. The third-order valence-electron chi connectivity index (χ3n) is 6.79. The number of rotatable bonds is 21. The zero-order chi connectivity index (χ0) is 34.1. The Hall–Kier alpha value is -4.12. The van der Waals surface area contributed by atoms with Crippen molar-refractivity contribution in [2.45, 2.75) is 57.7 Å². The number of aliphatic hydroxyl groups is 1. The molecule has 2 rings (SSSR count). The molecule has 1 aliphatic rings. The van der Waals surface area contributed by atoms with Crippen LogP contribution in [0.4, 0.5) is 5.69 Å². The zero-order valence-electron chi connectivity index (χ0n) is 26.2. The standard InChI is InChI=1S/C30H43N6O9Si/c1-20-7-8-22(38)14-23(20)36(17-26(41)33-19-45-21(2)18-37)30(44)15-27(46)34-25(40)16-31-11-12-32-24(39)6-4-3-5-13-35-28(42)9-10-29(35)43/h7-10,14,21,27,31,37-38H,3-6,11-13,15-19H2,1-2H3,(H,32,39)(H,33,41)(H,34,40)/t21-,27?/m1/s1. The van der Waals surface area contributed by atoms with Crippen LogP contribution in [-0.2, 0) is 33.5 Å². The monoisotopic (exact) mass is 659 g/mol. The van der Waals surface area contributed by atoms with Crippen LogP contribution in [0.5, 0.6) is 5.75 Å². The summed E-state index contributed by atoms with van der Waals surface area (Å²) in [5.41, 5.74) is 0.198. The number of phenolic OH excluding ortho intramolecular Hbond substituents is 1. The van der Waals surface area contributed by atoms with E-state index in [0.29, 0.717) is 56.6 Å². The summed E-state index contributed by atoms with van der Waals surface area (Å²) in [5.74, 6) is -2.30. The summed E-state index contributed by atoms with van der Waals surface area (Å²) >= 11 is 0. The van der Waals surface area contributed by atoms with Crippen molar-refractivity contribution in [3.8, 4) is 5.75 Å². The molecule has 0 saturated carbocycles. The van der Waals surface area contributed by atoms with Crippen molar-refractivity contribution in [3.05, 3.63) is 35.9 Å². The average molecular weight is 660 g/mol. The summed E-state index contributed by atoms with van der Waals surface area (Å²) in [5, 5.41) is 29.9. The number of hydrogen-bond acceptors (Lipinski definition) is 10. The fourth-order valence-corrected chi connectivity index (χ4v) is 4.59. The molecule has 2 atom stereocenters. The number of aliphatic hydroxyl groups excluding tert-OH is 1. The molecule has 1 heterocycles. The topological polar surface area (TPSA) is 207 Å². The van der Waals surface area contributed by atoms with Gasteiger partial charge in [-0.05, 0) is 38.3 Å². The van der Waals surface area contributed by atoms with E-state index in [1.807, 2.05) is 0 Å². The molecular formula is C30H43N6O9Si. The van der Waals surface area contributed by atoms with Crippen LogP contribution in [-0.4, -0.2) is 119 Å². The number of ether oxygens (including phenoxy) is 1. The van der Waals surface area contributed by atoms with E-state index < -0.39 is 29.5 Å². The molecule has 15 nitrogen and oxygen atoms in total. The van der Waals surface area contributed by atoms with Gasteiger partial charge in [-0.2, -0.15) is 0 Å². The van der Waals surface area contributed by atoms with Crippen LogP contribution < -0.4 is 26.2 Å². The number of nitrogens with zero attached hydrogens (tertiary/aromatic N) is 2. The van der Waals surface area contributed by atoms with E-state index in [0.717, 1.165) is 0 Å². The van der Waals surface area contributed by atoms with Gasteiger partial charge in [-0.15, -0.1) is 0 Å². The predicted molar refractivity (Wildman–Crippen MR) is 168 cm³/mol. The first-order valence-electron chi connectivity index (χ1n) is 15.0. The third-order valence-corrected chi connectivity index (χ3v) is 7.14. The van der Waals surface area contributed by atoms with E-state index in [2.05, 4.69) is 31.5 Å². The Morgan fingerprint density at radius 2 is 1.72 bits per heavy atom. The maximum absolute atomic E-state index is 13.3. The van der Waals surface area contributed by atoms with Crippen molar-refractivity contribution in [1.82, 2.24) is 26.2 Å². The van der Waals surface area contributed by atoms with Crippen molar-refractivity contribution in [2.75, 3.05) is 51.0 Å². The molecular weight excluding hydrogens is 616 g/mol. The van der Waals surface area contributed by atoms with Crippen LogP contribution in [0, 0.1) is 6.92 Å². The number of carbonyl (C=O) groups excluding carboxylic acids is 6. The van der Waals surface area contributed by atoms with Crippen molar-refractivity contribution < 1.29 is 43.7 Å². The minimum absolute atomic E-state index is 0.0715. The van der Waals surface area contributed by atoms with Crippen molar-refractivity contribution >= 4 is 51.4 Å². The van der Waals surface area contributed by atoms with Gasteiger partial charge < -0.3 is 41.1 Å². The van der Waals surface area contributed by atoms with E-state index in [-0.39, 0.29) is 56.3 Å². The fraction of sp³-hybridized carbons (Fsp3) is 0.533. The molecule has 1 unspecified atom stereocenters. The number of phenols is 1. The Labute approximate surface area is 271 Å². The first-order valence-corrected chi connectivity index (χ1v) is 15.6. The molecule has 0 bridgehead atoms. The number of aromatic hydroxyl groups is 1. The number of nitrogens with one attached hydrogen (secondary N) is 4. The number of anilines is 1.